The van der Waals surface area contributed by atoms with E-state index < -0.39 is 12.6 Å². The Bertz CT molecular complexity index is 68.5. The second-order valence-electron chi connectivity index (χ2n) is 2.05. The van der Waals surface area contributed by atoms with Gasteiger partial charge in [0.05, 0.1) is 0 Å². The Morgan fingerprint density at radius 3 is 1.15 bits per heavy atom. The third-order valence-corrected chi connectivity index (χ3v) is 0.803. The molecule has 0 aliphatic carbocycles. The summed E-state index contributed by atoms with van der Waals surface area (Å²) >= 11 is 0. The van der Waals surface area contributed by atoms with Crippen LogP contribution in [0.1, 0.15) is 27.7 Å². The van der Waals surface area contributed by atoms with Gasteiger partial charge in [-0.15, -0.1) is 0 Å². The van der Waals surface area contributed by atoms with E-state index in [9.17, 15) is 10.2 Å². The first-order chi connectivity index (χ1) is 5.54. The van der Waals surface area contributed by atoms with Crippen LogP contribution < -0.4 is 10.2 Å². The minimum Gasteiger partial charge on any atom is -0.831 e. The van der Waals surface area contributed by atoms with E-state index in [0.29, 0.717) is 13.2 Å². The van der Waals surface area contributed by atoms with Crippen LogP contribution in [0.4, 0.5) is 0 Å². The van der Waals surface area contributed by atoms with E-state index in [2.05, 4.69) is 9.47 Å². The molecule has 0 heterocycles. The molecule has 84 valence electrons. The first kappa shape index (κ1) is 19.0. The smallest absolute Gasteiger partial charge is 0.831 e. The van der Waals surface area contributed by atoms with Crippen LogP contribution in [0, 0.1) is 0 Å². The van der Waals surface area contributed by atoms with Gasteiger partial charge in [0, 0.05) is 13.2 Å². The van der Waals surface area contributed by atoms with Gasteiger partial charge in [-0.3, -0.25) is 0 Å². The summed E-state index contributed by atoms with van der Waals surface area (Å²) in [6.07, 6.45) is -1.70. The van der Waals surface area contributed by atoms with Crippen LogP contribution in [0.2, 0.25) is 0 Å². The van der Waals surface area contributed by atoms with Crippen LogP contribution in [0.25, 0.3) is 0 Å². The first-order valence-corrected chi connectivity index (χ1v) is 4.09. The van der Waals surface area contributed by atoms with E-state index in [1.807, 2.05) is 0 Å². The second-order valence-corrected chi connectivity index (χ2v) is 2.05. The van der Waals surface area contributed by atoms with E-state index in [1.54, 1.807) is 13.8 Å². The monoisotopic (exact) mass is 236 g/mol. The predicted molar refractivity (Wildman–Crippen MR) is 42.2 cm³/mol. The topological polar surface area (TPSA) is 64.6 Å². The molecule has 2 unspecified atom stereocenters. The van der Waals surface area contributed by atoms with Crippen LogP contribution >= 0.6 is 0 Å². The van der Waals surface area contributed by atoms with Crippen molar-refractivity contribution in [2.75, 3.05) is 13.2 Å². The maximum atomic E-state index is 9.90. The van der Waals surface area contributed by atoms with E-state index in [-0.39, 0.29) is 16.5 Å². The number of hydrogen-bond acceptors (Lipinski definition) is 4. The molecular weight excluding hydrogens is 219 g/mol. The molecule has 0 amide bonds. The van der Waals surface area contributed by atoms with Gasteiger partial charge in [0.25, 0.3) is 0 Å². The molecule has 0 fully saturated rings. The molecule has 0 saturated heterocycles. The van der Waals surface area contributed by atoms with Gasteiger partial charge in [0.2, 0.25) is 0 Å². The summed E-state index contributed by atoms with van der Waals surface area (Å²) in [7, 11) is 0. The molecule has 5 heteroatoms. The van der Waals surface area contributed by atoms with Crippen molar-refractivity contribution >= 4 is 0 Å². The zero-order chi connectivity index (χ0) is 9.98. The van der Waals surface area contributed by atoms with Crippen molar-refractivity contribution in [1.82, 2.24) is 0 Å². The molecule has 0 aromatic rings. The van der Waals surface area contributed by atoms with Gasteiger partial charge in [-0.1, -0.05) is 13.8 Å². The molecule has 0 saturated carbocycles. The van der Waals surface area contributed by atoms with Crippen molar-refractivity contribution in [3.63, 3.8) is 0 Å². The van der Waals surface area contributed by atoms with Crippen molar-refractivity contribution in [1.29, 1.82) is 0 Å². The Morgan fingerprint density at radius 2 is 1.15 bits per heavy atom. The molecule has 0 radical (unpaired) electrons. The zero-order valence-electron chi connectivity index (χ0n) is 8.52. The fourth-order valence-corrected chi connectivity index (χ4v) is 0.469. The molecule has 0 aliphatic heterocycles. The molecule has 0 bridgehead atoms. The third kappa shape index (κ3) is 32.8. The quantitative estimate of drug-likeness (QED) is 0.486. The fourth-order valence-electron chi connectivity index (χ4n) is 0.469. The van der Waals surface area contributed by atoms with Crippen LogP contribution in [-0.2, 0) is 26.0 Å². The molecule has 4 nitrogen and oxygen atoms in total. The molecule has 0 aliphatic rings. The second kappa shape index (κ2) is 14.8. The number of hydrogen-bond donors (Lipinski definition) is 0. The summed E-state index contributed by atoms with van der Waals surface area (Å²) in [5.41, 5.74) is 0. The van der Waals surface area contributed by atoms with Crippen molar-refractivity contribution in [3.05, 3.63) is 0 Å². The van der Waals surface area contributed by atoms with Gasteiger partial charge in [-0.05, 0) is 26.4 Å². The predicted octanol–water partition coefficient (Wildman–Crippen LogP) is -0.544. The Balaban J connectivity index is -0.000000143. The van der Waals surface area contributed by atoms with E-state index >= 15 is 0 Å². The third-order valence-electron chi connectivity index (χ3n) is 0.803. The number of rotatable bonds is 4. The minimum atomic E-state index is -0.852. The van der Waals surface area contributed by atoms with E-state index in [4.69, 9.17) is 0 Å². The van der Waals surface area contributed by atoms with Crippen LogP contribution in [-0.4, -0.2) is 25.8 Å². The summed E-state index contributed by atoms with van der Waals surface area (Å²) in [6.45, 7) is 7.59. The van der Waals surface area contributed by atoms with Crippen LogP contribution in [0.5, 0.6) is 0 Å². The maximum absolute atomic E-state index is 9.90. The standard InChI is InChI=1S/2C4H9O2.Ni/c2*1-3-6-4(2)5;/h2*4H,3H2,1-2H3;/q2*-1;+2. The largest absolute Gasteiger partial charge is 2.00 e. The molecule has 2 atom stereocenters. The molecule has 13 heavy (non-hydrogen) atoms. The van der Waals surface area contributed by atoms with Crippen molar-refractivity contribution in [2.45, 2.75) is 40.3 Å². The van der Waals surface area contributed by atoms with Crippen LogP contribution in [0.3, 0.4) is 0 Å². The normalized spacial score (nSPS) is 13.4. The van der Waals surface area contributed by atoms with Crippen molar-refractivity contribution in [3.8, 4) is 0 Å². The fraction of sp³-hybridized carbons (Fsp3) is 1.00. The van der Waals surface area contributed by atoms with Gasteiger partial charge in [0.15, 0.2) is 0 Å². The Morgan fingerprint density at radius 1 is 0.923 bits per heavy atom. The van der Waals surface area contributed by atoms with E-state index in [1.165, 1.54) is 13.8 Å². The Hall–Kier alpha value is 0.334. The van der Waals surface area contributed by atoms with Gasteiger partial charge in [0.1, 0.15) is 0 Å². The Labute approximate surface area is 90.2 Å². The molecule has 0 rings (SSSR count). The summed E-state index contributed by atoms with van der Waals surface area (Å²) in [5.74, 6) is 0. The SMILES string of the molecule is CCOC(C)[O-].CCOC(C)[O-].[Ni+2]. The zero-order valence-corrected chi connectivity index (χ0v) is 9.51. The summed E-state index contributed by atoms with van der Waals surface area (Å²) in [6, 6.07) is 0. The summed E-state index contributed by atoms with van der Waals surface area (Å²) < 4.78 is 8.97. The number of ether oxygens (including phenoxy) is 2. The Kier molecular flexibility index (Phi) is 21.7. The molecule has 0 N–H and O–H groups in total. The first-order valence-electron chi connectivity index (χ1n) is 4.09. The average Bonchev–Trinajstić information content (AvgIpc) is 1.87. The molecular formula is C8H18NiO4. The van der Waals surface area contributed by atoms with Gasteiger partial charge < -0.3 is 19.7 Å². The molecule has 0 aromatic heterocycles. The van der Waals surface area contributed by atoms with Gasteiger partial charge >= 0.3 is 16.5 Å². The van der Waals surface area contributed by atoms with Gasteiger partial charge in [-0.25, -0.2) is 0 Å². The van der Waals surface area contributed by atoms with Crippen LogP contribution in [0.15, 0.2) is 0 Å². The molecule has 0 spiro atoms. The van der Waals surface area contributed by atoms with E-state index in [0.717, 1.165) is 0 Å². The average molecular weight is 237 g/mol. The van der Waals surface area contributed by atoms with Crippen molar-refractivity contribution < 1.29 is 36.2 Å². The minimum absolute atomic E-state index is 0. The summed E-state index contributed by atoms with van der Waals surface area (Å²) in [5, 5.41) is 19.8. The van der Waals surface area contributed by atoms with Gasteiger partial charge in [-0.2, -0.15) is 0 Å². The maximum Gasteiger partial charge on any atom is 2.00 e. The summed E-state index contributed by atoms with van der Waals surface area (Å²) in [4.78, 5) is 0. The van der Waals surface area contributed by atoms with Crippen molar-refractivity contribution in [2.24, 2.45) is 0 Å². The molecule has 0 aromatic carbocycles.